The zero-order chi connectivity index (χ0) is 14.5. The molecule has 0 spiro atoms. The van der Waals surface area contributed by atoms with Crippen LogP contribution in [0.25, 0.3) is 0 Å². The molecule has 0 radical (unpaired) electrons. The normalized spacial score (nSPS) is 10.4. The number of anilines is 3. The van der Waals surface area contributed by atoms with Gasteiger partial charge in [0.1, 0.15) is 23.8 Å². The first-order chi connectivity index (χ1) is 9.63. The third kappa shape index (κ3) is 3.25. The average molecular weight is 339 g/mol. The van der Waals surface area contributed by atoms with Gasteiger partial charge < -0.3 is 10.6 Å². The molecule has 0 saturated carbocycles. The molecule has 0 amide bonds. The zero-order valence-corrected chi connectivity index (χ0v) is 13.0. The molecule has 1 aromatic carbocycles. The fourth-order valence-electron chi connectivity index (χ4n) is 1.73. The van der Waals surface area contributed by atoms with E-state index in [1.807, 2.05) is 6.92 Å². The first kappa shape index (κ1) is 14.7. The number of hydrogen-bond donors (Lipinski definition) is 2. The topological polar surface area (TPSA) is 49.8 Å². The Morgan fingerprint density at radius 3 is 2.70 bits per heavy atom. The summed E-state index contributed by atoms with van der Waals surface area (Å²) < 4.78 is 14.5. The predicted octanol–water partition coefficient (Wildman–Crippen LogP) is 4.25. The highest BCUT2D eigenvalue weighted by Crippen LogP contribution is 2.30. The van der Waals surface area contributed by atoms with Crippen molar-refractivity contribution < 1.29 is 4.39 Å². The fourth-order valence-corrected chi connectivity index (χ4v) is 2.17. The number of nitrogens with zero attached hydrogens (tertiary/aromatic N) is 2. The Kier molecular flexibility index (Phi) is 4.89. The molecule has 0 unspecified atom stereocenters. The maximum atomic E-state index is 13.8. The molecule has 106 valence electrons. The molecule has 0 atom stereocenters. The maximum Gasteiger partial charge on any atom is 0.147 e. The molecule has 6 heteroatoms. The molecule has 1 aromatic heterocycles. The van der Waals surface area contributed by atoms with Crippen LogP contribution in [0.1, 0.15) is 18.9 Å². The Morgan fingerprint density at radius 2 is 2.00 bits per heavy atom. The molecule has 0 aliphatic rings. The van der Waals surface area contributed by atoms with Gasteiger partial charge in [-0.25, -0.2) is 14.4 Å². The molecule has 0 bridgehead atoms. The van der Waals surface area contributed by atoms with Crippen molar-refractivity contribution in [1.29, 1.82) is 0 Å². The van der Waals surface area contributed by atoms with Crippen LogP contribution >= 0.6 is 15.9 Å². The third-order valence-corrected chi connectivity index (χ3v) is 3.49. The lowest BCUT2D eigenvalue weighted by molar-refractivity contribution is 0.631. The van der Waals surface area contributed by atoms with Crippen LogP contribution in [0, 0.1) is 12.7 Å². The van der Waals surface area contributed by atoms with E-state index in [4.69, 9.17) is 0 Å². The van der Waals surface area contributed by atoms with E-state index in [1.54, 1.807) is 12.1 Å². The van der Waals surface area contributed by atoms with Crippen molar-refractivity contribution in [3.8, 4) is 0 Å². The molecule has 2 rings (SSSR count). The Hall–Kier alpha value is -1.69. The van der Waals surface area contributed by atoms with Gasteiger partial charge in [0.05, 0.1) is 5.69 Å². The maximum absolute atomic E-state index is 13.8. The molecule has 0 aliphatic heterocycles. The Labute approximate surface area is 126 Å². The van der Waals surface area contributed by atoms with Gasteiger partial charge in [-0.3, -0.25) is 0 Å². The Bertz CT molecular complexity index is 583. The van der Waals surface area contributed by atoms with Gasteiger partial charge in [-0.15, -0.1) is 0 Å². The molecular formula is C14H16BrFN4. The van der Waals surface area contributed by atoms with Crippen molar-refractivity contribution in [2.75, 3.05) is 17.2 Å². The zero-order valence-electron chi connectivity index (χ0n) is 11.4. The van der Waals surface area contributed by atoms with Crippen molar-refractivity contribution in [2.45, 2.75) is 20.3 Å². The van der Waals surface area contributed by atoms with Gasteiger partial charge in [0.15, 0.2) is 0 Å². The van der Waals surface area contributed by atoms with E-state index in [0.717, 1.165) is 24.3 Å². The van der Waals surface area contributed by atoms with E-state index in [-0.39, 0.29) is 5.82 Å². The molecule has 0 aliphatic carbocycles. The van der Waals surface area contributed by atoms with Crippen LogP contribution in [0.15, 0.2) is 29.0 Å². The third-order valence-electron chi connectivity index (χ3n) is 2.83. The predicted molar refractivity (Wildman–Crippen MR) is 82.9 cm³/mol. The van der Waals surface area contributed by atoms with Crippen molar-refractivity contribution in [3.63, 3.8) is 0 Å². The van der Waals surface area contributed by atoms with Gasteiger partial charge in [-0.1, -0.05) is 13.0 Å². The smallest absolute Gasteiger partial charge is 0.147 e. The Balaban J connectivity index is 2.30. The summed E-state index contributed by atoms with van der Waals surface area (Å²) in [5.41, 5.74) is 1.23. The number of nitrogens with one attached hydrogen (secondary N) is 2. The minimum atomic E-state index is -0.333. The highest BCUT2D eigenvalue weighted by Gasteiger charge is 2.11. The molecular weight excluding hydrogens is 323 g/mol. The SMILES string of the molecule is CCCNc1ncnc(Nc2c(F)cccc2Br)c1C. The summed E-state index contributed by atoms with van der Waals surface area (Å²) in [5.74, 6) is 1.02. The highest BCUT2D eigenvalue weighted by atomic mass is 79.9. The van der Waals surface area contributed by atoms with Gasteiger partial charge in [0.25, 0.3) is 0 Å². The van der Waals surface area contributed by atoms with Crippen molar-refractivity contribution in [3.05, 3.63) is 40.4 Å². The van der Waals surface area contributed by atoms with Crippen LogP contribution in [0.4, 0.5) is 21.7 Å². The summed E-state index contributed by atoms with van der Waals surface area (Å²) in [6.07, 6.45) is 2.47. The lowest BCUT2D eigenvalue weighted by Crippen LogP contribution is -2.07. The second kappa shape index (κ2) is 6.65. The fraction of sp³-hybridized carbons (Fsp3) is 0.286. The van der Waals surface area contributed by atoms with Gasteiger partial charge >= 0.3 is 0 Å². The summed E-state index contributed by atoms with van der Waals surface area (Å²) >= 11 is 3.33. The number of halogens is 2. The lowest BCUT2D eigenvalue weighted by atomic mass is 10.2. The van der Waals surface area contributed by atoms with E-state index in [9.17, 15) is 4.39 Å². The van der Waals surface area contributed by atoms with Gasteiger partial charge in [-0.2, -0.15) is 0 Å². The van der Waals surface area contributed by atoms with Crippen LogP contribution in [0.5, 0.6) is 0 Å². The van der Waals surface area contributed by atoms with Gasteiger partial charge in [0.2, 0.25) is 0 Å². The van der Waals surface area contributed by atoms with Crippen molar-refractivity contribution in [2.24, 2.45) is 0 Å². The summed E-state index contributed by atoms with van der Waals surface area (Å²) in [5, 5.41) is 6.23. The summed E-state index contributed by atoms with van der Waals surface area (Å²) in [4.78, 5) is 8.37. The van der Waals surface area contributed by atoms with Crippen molar-refractivity contribution in [1.82, 2.24) is 9.97 Å². The van der Waals surface area contributed by atoms with Crippen molar-refractivity contribution >= 4 is 33.3 Å². The molecule has 2 N–H and O–H groups in total. The second-order valence-electron chi connectivity index (χ2n) is 4.34. The number of benzene rings is 1. The van der Waals surface area contributed by atoms with Crippen LogP contribution in [-0.4, -0.2) is 16.5 Å². The first-order valence-corrected chi connectivity index (χ1v) is 7.19. The second-order valence-corrected chi connectivity index (χ2v) is 5.20. The summed E-state index contributed by atoms with van der Waals surface area (Å²) in [7, 11) is 0. The monoisotopic (exact) mass is 338 g/mol. The molecule has 0 saturated heterocycles. The standard InChI is InChI=1S/C14H16BrFN4/c1-3-7-17-13-9(2)14(19-8-18-13)20-12-10(15)5-4-6-11(12)16/h4-6,8H,3,7H2,1-2H3,(H2,17,18,19,20). The quantitative estimate of drug-likeness (QED) is 0.855. The number of hydrogen-bond acceptors (Lipinski definition) is 4. The molecule has 0 fully saturated rings. The molecule has 4 nitrogen and oxygen atoms in total. The largest absolute Gasteiger partial charge is 0.370 e. The molecule has 1 heterocycles. The van der Waals surface area contributed by atoms with Crippen LogP contribution in [0.2, 0.25) is 0 Å². The summed E-state index contributed by atoms with van der Waals surface area (Å²) in [6.45, 7) is 4.81. The van der Waals surface area contributed by atoms with E-state index in [1.165, 1.54) is 12.4 Å². The van der Waals surface area contributed by atoms with Crippen LogP contribution < -0.4 is 10.6 Å². The molecule has 2 aromatic rings. The van der Waals surface area contributed by atoms with E-state index in [2.05, 4.69) is 43.5 Å². The van der Waals surface area contributed by atoms with E-state index in [0.29, 0.717) is 16.0 Å². The summed E-state index contributed by atoms with van der Waals surface area (Å²) in [6, 6.07) is 4.82. The van der Waals surface area contributed by atoms with Gasteiger partial charge in [-0.05, 0) is 41.4 Å². The number of para-hydroxylation sites is 1. The minimum Gasteiger partial charge on any atom is -0.370 e. The number of rotatable bonds is 5. The Morgan fingerprint density at radius 1 is 1.25 bits per heavy atom. The lowest BCUT2D eigenvalue weighted by Gasteiger charge is -2.13. The van der Waals surface area contributed by atoms with E-state index < -0.39 is 0 Å². The number of aromatic nitrogens is 2. The van der Waals surface area contributed by atoms with Gasteiger partial charge in [0, 0.05) is 16.6 Å². The van der Waals surface area contributed by atoms with Crippen LogP contribution in [-0.2, 0) is 0 Å². The molecule has 20 heavy (non-hydrogen) atoms. The first-order valence-electron chi connectivity index (χ1n) is 6.40. The highest BCUT2D eigenvalue weighted by molar-refractivity contribution is 9.10. The minimum absolute atomic E-state index is 0.333. The van der Waals surface area contributed by atoms with E-state index >= 15 is 0 Å². The van der Waals surface area contributed by atoms with Crippen LogP contribution in [0.3, 0.4) is 0 Å². The average Bonchev–Trinajstić information content (AvgIpc) is 2.43.